The first kappa shape index (κ1) is 15.8. The van der Waals surface area contributed by atoms with Gasteiger partial charge in [0.15, 0.2) is 0 Å². The van der Waals surface area contributed by atoms with Gasteiger partial charge in [0.1, 0.15) is 5.82 Å². The van der Waals surface area contributed by atoms with Crippen molar-refractivity contribution in [3.8, 4) is 0 Å². The third-order valence-electron chi connectivity index (χ3n) is 4.30. The van der Waals surface area contributed by atoms with Gasteiger partial charge in [0.05, 0.1) is 0 Å². The van der Waals surface area contributed by atoms with Crippen molar-refractivity contribution in [1.82, 2.24) is 5.32 Å². The molecular weight excluding hydrogens is 271 g/mol. The first-order valence-corrected chi connectivity index (χ1v) is 7.45. The summed E-state index contributed by atoms with van der Waals surface area (Å²) >= 11 is 0. The van der Waals surface area contributed by atoms with E-state index in [9.17, 15) is 9.18 Å². The van der Waals surface area contributed by atoms with Crippen LogP contribution in [0.2, 0.25) is 0 Å². The zero-order valence-electron chi connectivity index (χ0n) is 12.4. The highest BCUT2D eigenvalue weighted by Gasteiger charge is 2.26. The Bertz CT molecular complexity index is 464. The molecule has 0 unspecified atom stereocenters. The summed E-state index contributed by atoms with van der Waals surface area (Å²) in [4.78, 5) is 13.0. The van der Waals surface area contributed by atoms with Crippen molar-refractivity contribution >= 4 is 11.7 Å². The van der Waals surface area contributed by atoms with Crippen LogP contribution in [0.25, 0.3) is 0 Å². The van der Waals surface area contributed by atoms with Gasteiger partial charge in [-0.15, -0.1) is 0 Å². The van der Waals surface area contributed by atoms with E-state index in [1.54, 1.807) is 12.1 Å². The lowest BCUT2D eigenvalue weighted by Gasteiger charge is -2.32. The van der Waals surface area contributed by atoms with Gasteiger partial charge >= 0.3 is 5.97 Å². The molecule has 1 aliphatic heterocycles. The second kappa shape index (κ2) is 7.41. The van der Waals surface area contributed by atoms with Crippen molar-refractivity contribution in [3.63, 3.8) is 0 Å². The number of carboxylic acids is 1. The molecule has 0 aromatic heterocycles. The molecule has 21 heavy (non-hydrogen) atoms. The Morgan fingerprint density at radius 1 is 1.38 bits per heavy atom. The Balaban J connectivity index is 1.87. The largest absolute Gasteiger partial charge is 0.481 e. The Kier molecular flexibility index (Phi) is 5.56. The van der Waals surface area contributed by atoms with E-state index in [4.69, 9.17) is 5.11 Å². The summed E-state index contributed by atoms with van der Waals surface area (Å²) in [5.74, 6) is -0.299. The lowest BCUT2D eigenvalue weighted by atomic mass is 9.82. The van der Waals surface area contributed by atoms with Gasteiger partial charge < -0.3 is 15.3 Å². The molecule has 0 radical (unpaired) electrons. The average Bonchev–Trinajstić information content (AvgIpc) is 2.46. The van der Waals surface area contributed by atoms with E-state index < -0.39 is 5.97 Å². The highest BCUT2D eigenvalue weighted by molar-refractivity contribution is 5.67. The molecule has 5 heteroatoms. The maximum Gasteiger partial charge on any atom is 0.303 e. The van der Waals surface area contributed by atoms with Crippen LogP contribution in [0.5, 0.6) is 0 Å². The molecule has 0 saturated carbocycles. The number of hydrogen-bond acceptors (Lipinski definition) is 3. The van der Waals surface area contributed by atoms with Crippen molar-refractivity contribution in [2.24, 2.45) is 11.8 Å². The number of piperidine rings is 1. The first-order valence-electron chi connectivity index (χ1n) is 7.45. The number of carboxylic acid groups (broad SMARTS) is 1. The van der Waals surface area contributed by atoms with E-state index in [1.807, 2.05) is 7.05 Å². The molecule has 4 nitrogen and oxygen atoms in total. The van der Waals surface area contributed by atoms with E-state index in [0.717, 1.165) is 38.2 Å². The molecule has 1 aromatic rings. The maximum atomic E-state index is 12.9. The van der Waals surface area contributed by atoms with Gasteiger partial charge in [0.25, 0.3) is 0 Å². The van der Waals surface area contributed by atoms with Gasteiger partial charge in [-0.1, -0.05) is 0 Å². The fraction of sp³-hybridized carbons (Fsp3) is 0.562. The summed E-state index contributed by atoms with van der Waals surface area (Å²) in [5.41, 5.74) is 0.981. The number of nitrogens with one attached hydrogen (secondary N) is 1. The minimum Gasteiger partial charge on any atom is -0.481 e. The standard InChI is InChI=1S/C16H23FN2O2/c1-19(15-4-2-14(17)3-5-15)9-7-13-11-18-8-6-12(13)10-16(20)21/h2-5,12-13,18H,6-11H2,1H3,(H,20,21)/t12-,13-/m0/s1. The number of carbonyl (C=O) groups is 1. The van der Waals surface area contributed by atoms with Gasteiger partial charge in [-0.25, -0.2) is 4.39 Å². The van der Waals surface area contributed by atoms with Gasteiger partial charge in [0.2, 0.25) is 0 Å². The summed E-state index contributed by atoms with van der Waals surface area (Å²) in [7, 11) is 1.98. The summed E-state index contributed by atoms with van der Waals surface area (Å²) in [6, 6.07) is 6.45. The molecule has 1 aliphatic rings. The highest BCUT2D eigenvalue weighted by Crippen LogP contribution is 2.26. The van der Waals surface area contributed by atoms with Crippen LogP contribution >= 0.6 is 0 Å². The van der Waals surface area contributed by atoms with E-state index in [2.05, 4.69) is 10.2 Å². The highest BCUT2D eigenvalue weighted by atomic mass is 19.1. The van der Waals surface area contributed by atoms with Crippen molar-refractivity contribution in [2.75, 3.05) is 31.6 Å². The molecule has 0 bridgehead atoms. The summed E-state index contributed by atoms with van der Waals surface area (Å²) in [6.45, 7) is 2.63. The number of rotatable bonds is 6. The molecule has 2 atom stereocenters. The monoisotopic (exact) mass is 294 g/mol. The molecule has 0 aliphatic carbocycles. The summed E-state index contributed by atoms with van der Waals surface area (Å²) < 4.78 is 12.9. The smallest absolute Gasteiger partial charge is 0.303 e. The van der Waals surface area contributed by atoms with E-state index in [1.165, 1.54) is 12.1 Å². The molecule has 0 amide bonds. The number of aliphatic carboxylic acids is 1. The van der Waals surface area contributed by atoms with Crippen LogP contribution in [0.4, 0.5) is 10.1 Å². The number of hydrogen-bond donors (Lipinski definition) is 2. The summed E-state index contributed by atoms with van der Waals surface area (Å²) in [6.07, 6.45) is 2.13. The van der Waals surface area contributed by atoms with Gasteiger partial charge in [-0.05, 0) is 62.0 Å². The number of benzene rings is 1. The molecule has 1 saturated heterocycles. The fourth-order valence-electron chi connectivity index (χ4n) is 2.99. The van der Waals surface area contributed by atoms with Crippen LogP contribution in [0.3, 0.4) is 0 Å². The Morgan fingerprint density at radius 3 is 2.76 bits per heavy atom. The normalized spacial score (nSPS) is 22.0. The third-order valence-corrected chi connectivity index (χ3v) is 4.30. The van der Waals surface area contributed by atoms with Crippen molar-refractivity contribution < 1.29 is 14.3 Å². The Labute approximate surface area is 125 Å². The average molecular weight is 294 g/mol. The molecule has 1 fully saturated rings. The topological polar surface area (TPSA) is 52.6 Å². The minimum absolute atomic E-state index is 0.231. The lowest BCUT2D eigenvalue weighted by Crippen LogP contribution is -2.39. The van der Waals surface area contributed by atoms with Gasteiger partial charge in [0, 0.05) is 25.7 Å². The SMILES string of the molecule is CN(CC[C@H]1CNCC[C@H]1CC(=O)O)c1ccc(F)cc1. The lowest BCUT2D eigenvalue weighted by molar-refractivity contribution is -0.138. The molecule has 116 valence electrons. The molecule has 2 rings (SSSR count). The quantitative estimate of drug-likeness (QED) is 0.845. The van der Waals surface area contributed by atoms with Crippen LogP contribution in [-0.2, 0) is 4.79 Å². The van der Waals surface area contributed by atoms with E-state index >= 15 is 0 Å². The zero-order chi connectivity index (χ0) is 15.2. The van der Waals surface area contributed by atoms with Gasteiger partial charge in [-0.3, -0.25) is 4.79 Å². The number of halogens is 1. The van der Waals surface area contributed by atoms with Crippen LogP contribution in [0.1, 0.15) is 19.3 Å². The Hall–Kier alpha value is -1.62. The second-order valence-electron chi connectivity index (χ2n) is 5.80. The van der Waals surface area contributed by atoms with Crippen LogP contribution in [0.15, 0.2) is 24.3 Å². The summed E-state index contributed by atoms with van der Waals surface area (Å²) in [5, 5.41) is 12.3. The zero-order valence-corrected chi connectivity index (χ0v) is 12.4. The van der Waals surface area contributed by atoms with Crippen molar-refractivity contribution in [1.29, 1.82) is 0 Å². The minimum atomic E-state index is -0.709. The molecule has 1 aromatic carbocycles. The van der Waals surface area contributed by atoms with E-state index in [0.29, 0.717) is 5.92 Å². The van der Waals surface area contributed by atoms with E-state index in [-0.39, 0.29) is 18.2 Å². The third kappa shape index (κ3) is 4.70. The van der Waals surface area contributed by atoms with Crippen LogP contribution in [0, 0.1) is 17.7 Å². The van der Waals surface area contributed by atoms with Crippen molar-refractivity contribution in [2.45, 2.75) is 19.3 Å². The van der Waals surface area contributed by atoms with Crippen LogP contribution < -0.4 is 10.2 Å². The Morgan fingerprint density at radius 2 is 2.10 bits per heavy atom. The van der Waals surface area contributed by atoms with Crippen molar-refractivity contribution in [3.05, 3.63) is 30.1 Å². The predicted octanol–water partition coefficient (Wildman–Crippen LogP) is 2.35. The second-order valence-corrected chi connectivity index (χ2v) is 5.80. The number of anilines is 1. The molecule has 1 heterocycles. The molecular formula is C16H23FN2O2. The van der Waals surface area contributed by atoms with Gasteiger partial charge in [-0.2, -0.15) is 0 Å². The molecule has 0 spiro atoms. The molecule has 2 N–H and O–H groups in total. The maximum absolute atomic E-state index is 12.9. The predicted molar refractivity (Wildman–Crippen MR) is 81.0 cm³/mol. The van der Waals surface area contributed by atoms with Crippen LogP contribution in [-0.4, -0.2) is 37.8 Å². The first-order chi connectivity index (χ1) is 10.1. The fourth-order valence-corrected chi connectivity index (χ4v) is 2.99. The number of nitrogens with zero attached hydrogens (tertiary/aromatic N) is 1.